The summed E-state index contributed by atoms with van der Waals surface area (Å²) in [5, 5.41) is 18.9. The third-order valence-electron chi connectivity index (χ3n) is 3.75. The third-order valence-corrected chi connectivity index (χ3v) is 4.08. The van der Waals surface area contributed by atoms with Gasteiger partial charge in [0.2, 0.25) is 11.8 Å². The first-order valence-electron chi connectivity index (χ1n) is 8.44. The van der Waals surface area contributed by atoms with Crippen molar-refractivity contribution < 1.29 is 27.7 Å². The minimum Gasteiger partial charge on any atom is -0.379 e. The van der Waals surface area contributed by atoms with Crippen LogP contribution in [-0.2, 0) is 15.8 Å². The molecule has 0 spiro atoms. The van der Waals surface area contributed by atoms with Gasteiger partial charge in [0.15, 0.2) is 0 Å². The number of hydrogen-bond donors (Lipinski definition) is 3. The fourth-order valence-electron chi connectivity index (χ4n) is 2.43. The lowest BCUT2D eigenvalue weighted by Crippen LogP contribution is -2.17. The summed E-state index contributed by atoms with van der Waals surface area (Å²) < 4.78 is 38.2. The van der Waals surface area contributed by atoms with Gasteiger partial charge in [-0.2, -0.15) is 13.2 Å². The molecule has 30 heavy (non-hydrogen) atoms. The molecule has 0 saturated carbocycles. The maximum atomic E-state index is 12.7. The quantitative estimate of drug-likeness (QED) is 0.424. The van der Waals surface area contributed by atoms with Gasteiger partial charge in [-0.1, -0.05) is 11.6 Å². The van der Waals surface area contributed by atoms with Gasteiger partial charge >= 0.3 is 6.18 Å². The van der Waals surface area contributed by atoms with E-state index in [9.17, 15) is 32.9 Å². The van der Waals surface area contributed by atoms with Gasteiger partial charge in [-0.3, -0.25) is 19.7 Å². The third kappa shape index (κ3) is 6.34. The van der Waals surface area contributed by atoms with Crippen LogP contribution in [0.1, 0.15) is 18.9 Å². The van der Waals surface area contributed by atoms with E-state index in [0.717, 1.165) is 6.07 Å². The molecule has 2 amide bonds. The summed E-state index contributed by atoms with van der Waals surface area (Å²) in [6, 6.07) is 6.55. The zero-order chi connectivity index (χ0) is 22.5. The summed E-state index contributed by atoms with van der Waals surface area (Å²) in [5.74, 6) is -0.809. The average Bonchev–Trinajstić information content (AvgIpc) is 2.63. The summed E-state index contributed by atoms with van der Waals surface area (Å²) >= 11 is 6.00. The van der Waals surface area contributed by atoms with Crippen LogP contribution in [0.4, 0.5) is 35.9 Å². The molecule has 12 heteroatoms. The number of carbonyl (C=O) groups is 2. The van der Waals surface area contributed by atoms with Crippen LogP contribution in [0.3, 0.4) is 0 Å². The summed E-state index contributed by atoms with van der Waals surface area (Å²) in [5.41, 5.74) is -1.39. The lowest BCUT2D eigenvalue weighted by molar-refractivity contribution is -0.384. The van der Waals surface area contributed by atoms with Gasteiger partial charge in [-0.15, -0.1) is 0 Å². The second kappa shape index (κ2) is 9.44. The molecule has 0 radical (unpaired) electrons. The smallest absolute Gasteiger partial charge is 0.379 e. The van der Waals surface area contributed by atoms with Crippen molar-refractivity contribution in [1.29, 1.82) is 0 Å². The van der Waals surface area contributed by atoms with Crippen molar-refractivity contribution in [2.75, 3.05) is 22.5 Å². The van der Waals surface area contributed by atoms with Crippen LogP contribution in [0.15, 0.2) is 36.4 Å². The fraction of sp³-hybridized carbons (Fsp3) is 0.222. The Hall–Kier alpha value is -3.34. The molecule has 0 unspecified atom stereocenters. The minimum absolute atomic E-state index is 0.0823. The largest absolute Gasteiger partial charge is 0.416 e. The number of anilines is 3. The lowest BCUT2D eigenvalue weighted by atomic mass is 10.1. The van der Waals surface area contributed by atoms with E-state index in [1.54, 1.807) is 6.07 Å². The van der Waals surface area contributed by atoms with Crippen molar-refractivity contribution in [1.82, 2.24) is 0 Å². The number of alkyl halides is 3. The van der Waals surface area contributed by atoms with E-state index in [-0.39, 0.29) is 35.3 Å². The molecular formula is C18H16ClF3N4O4. The fourth-order valence-corrected chi connectivity index (χ4v) is 2.60. The Morgan fingerprint density at radius 2 is 1.80 bits per heavy atom. The highest BCUT2D eigenvalue weighted by atomic mass is 35.5. The molecule has 8 nitrogen and oxygen atoms in total. The standard InChI is InChI=1S/C18H16ClF3N4O4/c1-10(27)24-12-3-4-13(19)15(9-12)25-17(28)6-7-23-14-5-2-11(18(20,21)22)8-16(14)26(29)30/h2-5,8-9,23H,6-7H2,1H3,(H,24,27)(H,25,28). The van der Waals surface area contributed by atoms with Crippen molar-refractivity contribution >= 4 is 46.2 Å². The van der Waals surface area contributed by atoms with E-state index in [1.165, 1.54) is 19.1 Å². The number of amides is 2. The van der Waals surface area contributed by atoms with Crippen LogP contribution in [-0.4, -0.2) is 23.3 Å². The number of halogens is 4. The predicted octanol–water partition coefficient (Wildman–Crippen LogP) is 4.67. The normalized spacial score (nSPS) is 11.0. The number of nitrogens with one attached hydrogen (secondary N) is 3. The Morgan fingerprint density at radius 3 is 2.40 bits per heavy atom. The van der Waals surface area contributed by atoms with E-state index in [2.05, 4.69) is 16.0 Å². The SMILES string of the molecule is CC(=O)Nc1ccc(Cl)c(NC(=O)CCNc2ccc(C(F)(F)F)cc2[N+](=O)[O-])c1. The zero-order valence-corrected chi connectivity index (χ0v) is 16.2. The number of nitro benzene ring substituents is 1. The van der Waals surface area contributed by atoms with Crippen LogP contribution in [0.25, 0.3) is 0 Å². The van der Waals surface area contributed by atoms with Gasteiger partial charge < -0.3 is 16.0 Å². The second-order valence-electron chi connectivity index (χ2n) is 6.09. The van der Waals surface area contributed by atoms with Crippen molar-refractivity contribution in [2.45, 2.75) is 19.5 Å². The number of hydrogen-bond acceptors (Lipinski definition) is 5. The lowest BCUT2D eigenvalue weighted by Gasteiger charge is -2.12. The first kappa shape index (κ1) is 22.9. The number of benzene rings is 2. The molecule has 0 bridgehead atoms. The molecule has 0 atom stereocenters. The van der Waals surface area contributed by atoms with Gasteiger partial charge in [0, 0.05) is 31.6 Å². The summed E-state index contributed by atoms with van der Waals surface area (Å²) in [6.07, 6.45) is -4.87. The maximum absolute atomic E-state index is 12.7. The Morgan fingerprint density at radius 1 is 1.10 bits per heavy atom. The summed E-state index contributed by atoms with van der Waals surface area (Å²) in [7, 11) is 0. The molecule has 0 heterocycles. The first-order chi connectivity index (χ1) is 14.0. The van der Waals surface area contributed by atoms with Crippen molar-refractivity contribution in [2.24, 2.45) is 0 Å². The maximum Gasteiger partial charge on any atom is 0.416 e. The second-order valence-corrected chi connectivity index (χ2v) is 6.49. The topological polar surface area (TPSA) is 113 Å². The summed E-state index contributed by atoms with van der Waals surface area (Å²) in [6.45, 7) is 1.24. The molecule has 2 aromatic rings. The van der Waals surface area contributed by atoms with Gasteiger partial charge in [-0.05, 0) is 30.3 Å². The van der Waals surface area contributed by atoms with Crippen LogP contribution in [0.5, 0.6) is 0 Å². The van der Waals surface area contributed by atoms with Crippen LogP contribution in [0.2, 0.25) is 5.02 Å². The van der Waals surface area contributed by atoms with Gasteiger partial charge in [-0.25, -0.2) is 0 Å². The molecular weight excluding hydrogens is 429 g/mol. The number of carbonyl (C=O) groups excluding carboxylic acids is 2. The molecule has 3 N–H and O–H groups in total. The monoisotopic (exact) mass is 444 g/mol. The minimum atomic E-state index is -4.71. The Bertz CT molecular complexity index is 982. The Kier molecular flexibility index (Phi) is 7.22. The molecule has 0 fully saturated rings. The van der Waals surface area contributed by atoms with Gasteiger partial charge in [0.1, 0.15) is 5.69 Å². The molecule has 2 aromatic carbocycles. The molecule has 0 aliphatic rings. The molecule has 160 valence electrons. The molecule has 0 aliphatic heterocycles. The van der Waals surface area contributed by atoms with Crippen LogP contribution < -0.4 is 16.0 Å². The Labute approximate surface area is 173 Å². The highest BCUT2D eigenvalue weighted by Gasteiger charge is 2.33. The van der Waals surface area contributed by atoms with Crippen molar-refractivity contribution in [3.05, 3.63) is 57.1 Å². The van der Waals surface area contributed by atoms with Crippen molar-refractivity contribution in [3.8, 4) is 0 Å². The average molecular weight is 445 g/mol. The number of nitrogens with zero attached hydrogens (tertiary/aromatic N) is 1. The summed E-state index contributed by atoms with van der Waals surface area (Å²) in [4.78, 5) is 33.3. The first-order valence-corrected chi connectivity index (χ1v) is 8.81. The molecule has 0 aliphatic carbocycles. The highest BCUT2D eigenvalue weighted by molar-refractivity contribution is 6.33. The van der Waals surface area contributed by atoms with E-state index >= 15 is 0 Å². The molecule has 0 saturated heterocycles. The zero-order valence-electron chi connectivity index (χ0n) is 15.5. The van der Waals surface area contributed by atoms with Crippen LogP contribution in [0, 0.1) is 10.1 Å². The van der Waals surface area contributed by atoms with Crippen LogP contribution >= 0.6 is 11.6 Å². The van der Waals surface area contributed by atoms with E-state index in [1.807, 2.05) is 0 Å². The van der Waals surface area contributed by atoms with Crippen molar-refractivity contribution in [3.63, 3.8) is 0 Å². The van der Waals surface area contributed by atoms with Gasteiger partial charge in [0.05, 0.1) is 21.2 Å². The number of nitro groups is 1. The number of rotatable bonds is 7. The highest BCUT2D eigenvalue weighted by Crippen LogP contribution is 2.35. The molecule has 0 aromatic heterocycles. The molecule has 2 rings (SSSR count). The van der Waals surface area contributed by atoms with E-state index in [4.69, 9.17) is 11.6 Å². The Balaban J connectivity index is 2.01. The van der Waals surface area contributed by atoms with Gasteiger partial charge in [0.25, 0.3) is 5.69 Å². The predicted molar refractivity (Wildman–Crippen MR) is 106 cm³/mol. The van der Waals surface area contributed by atoms with E-state index in [0.29, 0.717) is 17.8 Å². The van der Waals surface area contributed by atoms with E-state index < -0.39 is 28.3 Å².